The zero-order chi connectivity index (χ0) is 13.2. The van der Waals surface area contributed by atoms with Crippen molar-refractivity contribution in [3.05, 3.63) is 18.2 Å². The van der Waals surface area contributed by atoms with Crippen LogP contribution in [0, 0.1) is 0 Å². The van der Waals surface area contributed by atoms with E-state index in [9.17, 15) is 4.79 Å². The van der Waals surface area contributed by atoms with Crippen LogP contribution >= 0.6 is 11.3 Å². The predicted molar refractivity (Wildman–Crippen MR) is 78.3 cm³/mol. The highest BCUT2D eigenvalue weighted by Gasteiger charge is 2.20. The van der Waals surface area contributed by atoms with Crippen molar-refractivity contribution in [1.29, 1.82) is 0 Å². The molecule has 6 heteroatoms. The van der Waals surface area contributed by atoms with Crippen LogP contribution in [0.5, 0.6) is 0 Å². The fourth-order valence-electron chi connectivity index (χ4n) is 2.33. The Kier molecular flexibility index (Phi) is 3.35. The molecule has 1 fully saturated rings. The lowest BCUT2D eigenvalue weighted by molar-refractivity contribution is -0.118. The van der Waals surface area contributed by atoms with Crippen molar-refractivity contribution in [2.24, 2.45) is 0 Å². The zero-order valence-corrected chi connectivity index (χ0v) is 11.3. The molecule has 0 bridgehead atoms. The van der Waals surface area contributed by atoms with Crippen molar-refractivity contribution in [2.45, 2.75) is 25.3 Å². The molecule has 2 aromatic rings. The molecule has 1 saturated heterocycles. The van der Waals surface area contributed by atoms with Gasteiger partial charge >= 0.3 is 0 Å². The van der Waals surface area contributed by atoms with E-state index in [0.29, 0.717) is 5.13 Å². The van der Waals surface area contributed by atoms with Crippen LogP contribution in [0.2, 0.25) is 0 Å². The second-order valence-electron chi connectivity index (χ2n) is 4.73. The van der Waals surface area contributed by atoms with Gasteiger partial charge in [0.15, 0.2) is 5.13 Å². The molecule has 3 rings (SSSR count). The summed E-state index contributed by atoms with van der Waals surface area (Å²) in [4.78, 5) is 16.3. The van der Waals surface area contributed by atoms with Gasteiger partial charge < -0.3 is 16.4 Å². The van der Waals surface area contributed by atoms with Crippen LogP contribution in [0.3, 0.4) is 0 Å². The summed E-state index contributed by atoms with van der Waals surface area (Å²) in [6, 6.07) is 5.59. The van der Waals surface area contributed by atoms with Crippen molar-refractivity contribution < 1.29 is 4.79 Å². The second kappa shape index (κ2) is 5.14. The molecular formula is C13H16N4OS. The largest absolute Gasteiger partial charge is 0.375 e. The highest BCUT2D eigenvalue weighted by atomic mass is 32.1. The van der Waals surface area contributed by atoms with Crippen molar-refractivity contribution in [1.82, 2.24) is 10.3 Å². The van der Waals surface area contributed by atoms with Gasteiger partial charge in [-0.1, -0.05) is 17.8 Å². The Morgan fingerprint density at radius 3 is 3.16 bits per heavy atom. The molecule has 1 aromatic heterocycles. The van der Waals surface area contributed by atoms with E-state index in [0.717, 1.165) is 41.7 Å². The van der Waals surface area contributed by atoms with E-state index >= 15 is 0 Å². The SMILES string of the molecule is Nc1nc2ccc(NC(=O)[C@@H]3CCCCN3)cc2s1. The number of carbonyl (C=O) groups excluding carboxylic acids is 1. The Labute approximate surface area is 115 Å². The van der Waals surface area contributed by atoms with Crippen molar-refractivity contribution in [2.75, 3.05) is 17.6 Å². The first-order valence-corrected chi connectivity index (χ1v) is 7.24. The van der Waals surface area contributed by atoms with Crippen LogP contribution in [0.1, 0.15) is 19.3 Å². The van der Waals surface area contributed by atoms with Crippen molar-refractivity contribution in [3.8, 4) is 0 Å². The zero-order valence-electron chi connectivity index (χ0n) is 10.5. The molecule has 100 valence electrons. The number of nitrogens with one attached hydrogen (secondary N) is 2. The fraction of sp³-hybridized carbons (Fsp3) is 0.385. The molecule has 1 aliphatic rings. The van der Waals surface area contributed by atoms with Crippen LogP contribution in [0.4, 0.5) is 10.8 Å². The van der Waals surface area contributed by atoms with Gasteiger partial charge in [0.2, 0.25) is 5.91 Å². The van der Waals surface area contributed by atoms with Crippen molar-refractivity contribution >= 4 is 38.3 Å². The summed E-state index contributed by atoms with van der Waals surface area (Å²) in [6.45, 7) is 0.919. The van der Waals surface area contributed by atoms with Gasteiger partial charge in [0.1, 0.15) is 0 Å². The number of rotatable bonds is 2. The van der Waals surface area contributed by atoms with Gasteiger partial charge in [-0.05, 0) is 37.6 Å². The molecule has 5 nitrogen and oxygen atoms in total. The number of nitrogen functional groups attached to an aromatic ring is 1. The first kappa shape index (κ1) is 12.4. The highest BCUT2D eigenvalue weighted by molar-refractivity contribution is 7.22. The number of hydrogen-bond donors (Lipinski definition) is 3. The van der Waals surface area contributed by atoms with Gasteiger partial charge in [-0.25, -0.2) is 4.98 Å². The van der Waals surface area contributed by atoms with Gasteiger partial charge in [-0.2, -0.15) is 0 Å². The number of nitrogens with two attached hydrogens (primary N) is 1. The minimum atomic E-state index is -0.0732. The molecule has 1 amide bonds. The Morgan fingerprint density at radius 1 is 1.47 bits per heavy atom. The Balaban J connectivity index is 1.74. The number of fused-ring (bicyclic) bond motifs is 1. The molecule has 4 N–H and O–H groups in total. The van der Waals surface area contributed by atoms with Crippen LogP contribution in [-0.4, -0.2) is 23.5 Å². The maximum atomic E-state index is 12.1. The average molecular weight is 276 g/mol. The first-order chi connectivity index (χ1) is 9.22. The van der Waals surface area contributed by atoms with E-state index < -0.39 is 0 Å². The third kappa shape index (κ3) is 2.69. The molecular weight excluding hydrogens is 260 g/mol. The summed E-state index contributed by atoms with van der Waals surface area (Å²) in [5, 5.41) is 6.74. The van der Waals surface area contributed by atoms with Gasteiger partial charge in [-0.15, -0.1) is 0 Å². The molecule has 0 unspecified atom stereocenters. The maximum Gasteiger partial charge on any atom is 0.241 e. The van der Waals surface area contributed by atoms with Gasteiger partial charge in [0.05, 0.1) is 16.3 Å². The number of hydrogen-bond acceptors (Lipinski definition) is 5. The van der Waals surface area contributed by atoms with E-state index in [2.05, 4.69) is 15.6 Å². The summed E-state index contributed by atoms with van der Waals surface area (Å²) in [5.41, 5.74) is 7.34. The van der Waals surface area contributed by atoms with Crippen LogP contribution in [-0.2, 0) is 4.79 Å². The number of benzene rings is 1. The Hall–Kier alpha value is -1.66. The molecule has 0 radical (unpaired) electrons. The number of carbonyl (C=O) groups is 1. The molecule has 1 aromatic carbocycles. The lowest BCUT2D eigenvalue weighted by Gasteiger charge is -2.22. The van der Waals surface area contributed by atoms with Crippen LogP contribution in [0.25, 0.3) is 10.2 Å². The smallest absolute Gasteiger partial charge is 0.241 e. The first-order valence-electron chi connectivity index (χ1n) is 6.43. The van der Waals surface area contributed by atoms with Gasteiger partial charge in [0.25, 0.3) is 0 Å². The number of anilines is 2. The number of piperidine rings is 1. The summed E-state index contributed by atoms with van der Waals surface area (Å²) in [7, 11) is 0. The van der Waals surface area contributed by atoms with Gasteiger partial charge in [0, 0.05) is 5.69 Å². The molecule has 0 aliphatic carbocycles. The summed E-state index contributed by atoms with van der Waals surface area (Å²) in [6.07, 6.45) is 3.16. The van der Waals surface area contributed by atoms with E-state index in [1.54, 1.807) is 0 Å². The van der Waals surface area contributed by atoms with E-state index in [4.69, 9.17) is 5.73 Å². The second-order valence-corrected chi connectivity index (χ2v) is 5.79. The maximum absolute atomic E-state index is 12.1. The van der Waals surface area contributed by atoms with E-state index in [-0.39, 0.29) is 11.9 Å². The molecule has 1 atom stereocenters. The van der Waals surface area contributed by atoms with Crippen LogP contribution in [0.15, 0.2) is 18.2 Å². The fourth-order valence-corrected chi connectivity index (χ4v) is 3.10. The highest BCUT2D eigenvalue weighted by Crippen LogP contribution is 2.26. The quantitative estimate of drug-likeness (QED) is 0.783. The van der Waals surface area contributed by atoms with E-state index in [1.165, 1.54) is 11.3 Å². The normalized spacial score (nSPS) is 19.5. The lowest BCUT2D eigenvalue weighted by Crippen LogP contribution is -2.43. The summed E-state index contributed by atoms with van der Waals surface area (Å²) in [5.74, 6) is 0.0385. The number of thiazole rings is 1. The number of nitrogens with zero attached hydrogens (tertiary/aromatic N) is 1. The van der Waals surface area contributed by atoms with Gasteiger partial charge in [-0.3, -0.25) is 4.79 Å². The molecule has 2 heterocycles. The predicted octanol–water partition coefficient (Wildman–Crippen LogP) is 1.96. The average Bonchev–Trinajstić information content (AvgIpc) is 2.79. The molecule has 0 spiro atoms. The molecule has 0 saturated carbocycles. The summed E-state index contributed by atoms with van der Waals surface area (Å²) >= 11 is 1.43. The monoisotopic (exact) mass is 276 g/mol. The lowest BCUT2D eigenvalue weighted by atomic mass is 10.0. The summed E-state index contributed by atoms with van der Waals surface area (Å²) < 4.78 is 0.993. The number of aromatic nitrogens is 1. The van der Waals surface area contributed by atoms with Crippen molar-refractivity contribution in [3.63, 3.8) is 0 Å². The minimum Gasteiger partial charge on any atom is -0.375 e. The minimum absolute atomic E-state index is 0.0385. The van der Waals surface area contributed by atoms with Crippen LogP contribution < -0.4 is 16.4 Å². The molecule has 19 heavy (non-hydrogen) atoms. The standard InChI is InChI=1S/C13H16N4OS/c14-13-17-9-5-4-8(7-11(9)19-13)16-12(18)10-3-1-2-6-15-10/h4-5,7,10,15H,1-3,6H2,(H2,14,17)(H,16,18)/t10-/m0/s1. The third-order valence-corrected chi connectivity index (χ3v) is 4.15. The van der Waals surface area contributed by atoms with E-state index in [1.807, 2.05) is 18.2 Å². The topological polar surface area (TPSA) is 80.0 Å². The Morgan fingerprint density at radius 2 is 2.37 bits per heavy atom. The molecule has 1 aliphatic heterocycles. The number of amides is 1. The Bertz CT molecular complexity index is 604. The third-order valence-electron chi connectivity index (χ3n) is 3.30.